The average molecular weight is 309 g/mol. The third-order valence-electron chi connectivity index (χ3n) is 2.95. The molecular weight excluding hydrogens is 295 g/mol. The standard InChI is InChI=1S/C15H14ClFN2S/c1-9-6-7-11(8-13(9)17)18-15(20)19-14-5-3-4-12(16)10(14)2/h3-8H,1-2H3,(H2,18,19,20). The number of halogens is 2. The molecule has 2 rings (SSSR count). The van der Waals surface area contributed by atoms with Gasteiger partial charge in [-0.1, -0.05) is 23.7 Å². The van der Waals surface area contributed by atoms with Crippen molar-refractivity contribution in [3.8, 4) is 0 Å². The van der Waals surface area contributed by atoms with E-state index in [0.29, 0.717) is 21.4 Å². The van der Waals surface area contributed by atoms with Gasteiger partial charge in [0.1, 0.15) is 5.82 Å². The summed E-state index contributed by atoms with van der Waals surface area (Å²) in [5.74, 6) is -0.267. The molecule has 0 saturated heterocycles. The molecule has 2 aromatic carbocycles. The maximum atomic E-state index is 13.5. The topological polar surface area (TPSA) is 24.1 Å². The molecule has 0 aliphatic rings. The second-order valence-corrected chi connectivity index (χ2v) is 5.27. The Morgan fingerprint density at radius 3 is 2.60 bits per heavy atom. The molecule has 0 atom stereocenters. The van der Waals surface area contributed by atoms with Crippen molar-refractivity contribution in [3.05, 3.63) is 58.4 Å². The van der Waals surface area contributed by atoms with Gasteiger partial charge in [-0.3, -0.25) is 0 Å². The van der Waals surface area contributed by atoms with Gasteiger partial charge < -0.3 is 10.6 Å². The number of nitrogens with one attached hydrogen (secondary N) is 2. The number of benzene rings is 2. The summed E-state index contributed by atoms with van der Waals surface area (Å²) >= 11 is 11.3. The lowest BCUT2D eigenvalue weighted by Gasteiger charge is -2.13. The predicted octanol–water partition coefficient (Wildman–Crippen LogP) is 4.90. The van der Waals surface area contributed by atoms with E-state index in [-0.39, 0.29) is 5.82 Å². The summed E-state index contributed by atoms with van der Waals surface area (Å²) in [5.41, 5.74) is 2.93. The minimum atomic E-state index is -0.267. The Morgan fingerprint density at radius 1 is 1.15 bits per heavy atom. The maximum absolute atomic E-state index is 13.5. The number of anilines is 2. The lowest BCUT2D eigenvalue weighted by molar-refractivity contribution is 0.619. The number of hydrogen-bond donors (Lipinski definition) is 2. The van der Waals surface area contributed by atoms with Crippen LogP contribution < -0.4 is 10.6 Å². The summed E-state index contributed by atoms with van der Waals surface area (Å²) in [6.45, 7) is 3.61. The molecule has 2 nitrogen and oxygen atoms in total. The summed E-state index contributed by atoms with van der Waals surface area (Å²) in [4.78, 5) is 0. The Kier molecular flexibility index (Phi) is 4.57. The lowest BCUT2D eigenvalue weighted by atomic mass is 10.2. The second kappa shape index (κ2) is 6.20. The average Bonchev–Trinajstić information content (AvgIpc) is 2.39. The second-order valence-electron chi connectivity index (χ2n) is 4.46. The van der Waals surface area contributed by atoms with Gasteiger partial charge in [0, 0.05) is 16.4 Å². The number of hydrogen-bond acceptors (Lipinski definition) is 1. The molecule has 2 N–H and O–H groups in total. The van der Waals surface area contributed by atoms with E-state index in [0.717, 1.165) is 11.3 Å². The number of thiocarbonyl (C=S) groups is 1. The van der Waals surface area contributed by atoms with Crippen molar-refractivity contribution in [2.75, 3.05) is 10.6 Å². The Bertz CT molecular complexity index is 658. The highest BCUT2D eigenvalue weighted by Crippen LogP contribution is 2.23. The first-order valence-corrected chi connectivity index (χ1v) is 6.85. The van der Waals surface area contributed by atoms with Gasteiger partial charge in [-0.2, -0.15) is 0 Å². The summed E-state index contributed by atoms with van der Waals surface area (Å²) in [6.07, 6.45) is 0. The Balaban J connectivity index is 2.09. The lowest BCUT2D eigenvalue weighted by Crippen LogP contribution is -2.19. The van der Waals surface area contributed by atoms with Crippen LogP contribution in [0.1, 0.15) is 11.1 Å². The molecule has 0 radical (unpaired) electrons. The van der Waals surface area contributed by atoms with Crippen LogP contribution in [0.15, 0.2) is 36.4 Å². The third kappa shape index (κ3) is 3.46. The summed E-state index contributed by atoms with van der Waals surface area (Å²) in [6, 6.07) is 10.4. The molecule has 0 spiro atoms. The molecule has 0 amide bonds. The number of rotatable bonds is 2. The van der Waals surface area contributed by atoms with Crippen molar-refractivity contribution in [3.63, 3.8) is 0 Å². The highest BCUT2D eigenvalue weighted by Gasteiger charge is 2.05. The monoisotopic (exact) mass is 308 g/mol. The summed E-state index contributed by atoms with van der Waals surface area (Å²) in [5, 5.41) is 7.04. The molecule has 0 fully saturated rings. The maximum Gasteiger partial charge on any atom is 0.175 e. The van der Waals surface area contributed by atoms with E-state index in [9.17, 15) is 4.39 Å². The van der Waals surface area contributed by atoms with E-state index in [2.05, 4.69) is 10.6 Å². The molecule has 0 aliphatic carbocycles. The van der Waals surface area contributed by atoms with Crippen LogP contribution in [0.2, 0.25) is 5.02 Å². The minimum Gasteiger partial charge on any atom is -0.332 e. The summed E-state index contributed by atoms with van der Waals surface area (Å²) < 4.78 is 13.5. The largest absolute Gasteiger partial charge is 0.332 e. The van der Waals surface area contributed by atoms with E-state index >= 15 is 0 Å². The van der Waals surface area contributed by atoms with Crippen molar-refractivity contribution >= 4 is 40.3 Å². The molecule has 5 heteroatoms. The van der Waals surface area contributed by atoms with Crippen molar-refractivity contribution in [1.29, 1.82) is 0 Å². The molecule has 0 aromatic heterocycles. The normalized spacial score (nSPS) is 10.2. The Morgan fingerprint density at radius 2 is 1.90 bits per heavy atom. The molecule has 2 aromatic rings. The van der Waals surface area contributed by atoms with Crippen LogP contribution in [0.3, 0.4) is 0 Å². The van der Waals surface area contributed by atoms with E-state index < -0.39 is 0 Å². The van der Waals surface area contributed by atoms with Gasteiger partial charge in [0.15, 0.2) is 5.11 Å². The van der Waals surface area contributed by atoms with Crippen LogP contribution in [-0.2, 0) is 0 Å². The molecule has 20 heavy (non-hydrogen) atoms. The highest BCUT2D eigenvalue weighted by atomic mass is 35.5. The quantitative estimate of drug-likeness (QED) is 0.771. The SMILES string of the molecule is Cc1ccc(NC(=S)Nc2cccc(Cl)c2C)cc1F. The van der Waals surface area contributed by atoms with Crippen molar-refractivity contribution in [1.82, 2.24) is 0 Å². The van der Waals surface area contributed by atoms with Gasteiger partial charge in [0.25, 0.3) is 0 Å². The molecule has 0 aliphatic heterocycles. The fourth-order valence-corrected chi connectivity index (χ4v) is 2.10. The molecule has 0 bridgehead atoms. The van der Waals surface area contributed by atoms with Crippen LogP contribution in [0.4, 0.5) is 15.8 Å². The van der Waals surface area contributed by atoms with Crippen LogP contribution in [0.5, 0.6) is 0 Å². The Hall–Kier alpha value is -1.65. The van der Waals surface area contributed by atoms with E-state index in [1.165, 1.54) is 6.07 Å². The van der Waals surface area contributed by atoms with Gasteiger partial charge in [0.05, 0.1) is 0 Å². The highest BCUT2D eigenvalue weighted by molar-refractivity contribution is 7.80. The third-order valence-corrected chi connectivity index (χ3v) is 3.56. The molecule has 0 heterocycles. The van der Waals surface area contributed by atoms with Gasteiger partial charge in [-0.15, -0.1) is 0 Å². The zero-order valence-electron chi connectivity index (χ0n) is 11.1. The van der Waals surface area contributed by atoms with Crippen molar-refractivity contribution in [2.45, 2.75) is 13.8 Å². The number of aryl methyl sites for hydroxylation is 1. The van der Waals surface area contributed by atoms with Crippen LogP contribution in [0.25, 0.3) is 0 Å². The Labute approximate surface area is 128 Å². The van der Waals surface area contributed by atoms with Crippen LogP contribution in [-0.4, -0.2) is 5.11 Å². The van der Waals surface area contributed by atoms with Crippen molar-refractivity contribution in [2.24, 2.45) is 0 Å². The van der Waals surface area contributed by atoms with E-state index in [1.807, 2.05) is 25.1 Å². The predicted molar refractivity (Wildman–Crippen MR) is 87.2 cm³/mol. The smallest absolute Gasteiger partial charge is 0.175 e. The first-order chi connectivity index (χ1) is 9.47. The zero-order chi connectivity index (χ0) is 14.7. The summed E-state index contributed by atoms with van der Waals surface area (Å²) in [7, 11) is 0. The van der Waals surface area contributed by atoms with Gasteiger partial charge in [-0.25, -0.2) is 4.39 Å². The van der Waals surface area contributed by atoms with Gasteiger partial charge in [-0.05, 0) is 61.5 Å². The van der Waals surface area contributed by atoms with Gasteiger partial charge >= 0.3 is 0 Å². The first-order valence-electron chi connectivity index (χ1n) is 6.06. The van der Waals surface area contributed by atoms with Crippen molar-refractivity contribution < 1.29 is 4.39 Å². The molecule has 104 valence electrons. The van der Waals surface area contributed by atoms with E-state index in [1.54, 1.807) is 19.1 Å². The first kappa shape index (κ1) is 14.8. The van der Waals surface area contributed by atoms with Gasteiger partial charge in [0.2, 0.25) is 0 Å². The fraction of sp³-hybridized carbons (Fsp3) is 0.133. The zero-order valence-corrected chi connectivity index (χ0v) is 12.7. The van der Waals surface area contributed by atoms with Crippen LogP contribution in [0, 0.1) is 19.7 Å². The molecule has 0 unspecified atom stereocenters. The molecular formula is C15H14ClFN2S. The van der Waals surface area contributed by atoms with Crippen LogP contribution >= 0.6 is 23.8 Å². The molecule has 0 saturated carbocycles. The fourth-order valence-electron chi connectivity index (χ4n) is 1.70. The van der Waals surface area contributed by atoms with E-state index in [4.69, 9.17) is 23.8 Å². The minimum absolute atomic E-state index is 0.267.